The molecule has 90 valence electrons. The van der Waals surface area contributed by atoms with Crippen LogP contribution >= 0.6 is 15.9 Å². The van der Waals surface area contributed by atoms with Crippen molar-refractivity contribution in [2.24, 2.45) is 0 Å². The maximum atomic E-state index is 13.0. The Morgan fingerprint density at radius 3 is 2.75 bits per heavy atom. The normalized spacial score (nSPS) is 10.4. The highest BCUT2D eigenvalue weighted by molar-refractivity contribution is 9.10. The van der Waals surface area contributed by atoms with Gasteiger partial charge in [-0.3, -0.25) is 0 Å². The lowest BCUT2D eigenvalue weighted by Crippen LogP contribution is -2.00. The molecule has 1 aromatic carbocycles. The molecular weight excluding hydrogens is 273 g/mol. The fourth-order valence-corrected chi connectivity index (χ4v) is 1.80. The standard InChI is InChI=1S/C12H17BrFNO/c1-2-3-4-5-6-16-12-8-11(15)10(14)7-9(12)13/h7-8H,2-6,15H2,1H3. The van der Waals surface area contributed by atoms with Crippen LogP contribution in [0.3, 0.4) is 0 Å². The number of halogens is 2. The molecule has 0 aliphatic heterocycles. The topological polar surface area (TPSA) is 35.2 Å². The third kappa shape index (κ3) is 4.00. The van der Waals surface area contributed by atoms with E-state index in [0.717, 1.165) is 12.8 Å². The van der Waals surface area contributed by atoms with E-state index in [4.69, 9.17) is 10.5 Å². The minimum atomic E-state index is -0.426. The van der Waals surface area contributed by atoms with Gasteiger partial charge in [-0.15, -0.1) is 0 Å². The van der Waals surface area contributed by atoms with Gasteiger partial charge < -0.3 is 10.5 Å². The Balaban J connectivity index is 2.45. The molecule has 4 heteroatoms. The summed E-state index contributed by atoms with van der Waals surface area (Å²) in [6, 6.07) is 2.84. The van der Waals surface area contributed by atoms with Crippen molar-refractivity contribution in [3.8, 4) is 5.75 Å². The highest BCUT2D eigenvalue weighted by Crippen LogP contribution is 2.29. The Morgan fingerprint density at radius 1 is 1.31 bits per heavy atom. The Hall–Kier alpha value is -0.770. The lowest BCUT2D eigenvalue weighted by molar-refractivity contribution is 0.303. The molecule has 1 rings (SSSR count). The minimum Gasteiger partial charge on any atom is -0.492 e. The van der Waals surface area contributed by atoms with Crippen LogP contribution in [0.4, 0.5) is 10.1 Å². The van der Waals surface area contributed by atoms with Crippen molar-refractivity contribution in [1.82, 2.24) is 0 Å². The van der Waals surface area contributed by atoms with E-state index in [-0.39, 0.29) is 5.69 Å². The zero-order chi connectivity index (χ0) is 12.0. The van der Waals surface area contributed by atoms with Crippen LogP contribution in [0.15, 0.2) is 16.6 Å². The molecule has 0 saturated carbocycles. The molecule has 0 unspecified atom stereocenters. The van der Waals surface area contributed by atoms with Crippen LogP contribution in [0.1, 0.15) is 32.6 Å². The van der Waals surface area contributed by atoms with Crippen molar-refractivity contribution in [1.29, 1.82) is 0 Å². The minimum absolute atomic E-state index is 0.117. The molecule has 0 atom stereocenters. The van der Waals surface area contributed by atoms with E-state index >= 15 is 0 Å². The summed E-state index contributed by atoms with van der Waals surface area (Å²) in [5.41, 5.74) is 5.58. The summed E-state index contributed by atoms with van der Waals surface area (Å²) < 4.78 is 19.2. The molecule has 0 bridgehead atoms. The average molecular weight is 290 g/mol. The summed E-state index contributed by atoms with van der Waals surface area (Å²) in [6.07, 6.45) is 4.59. The van der Waals surface area contributed by atoms with Gasteiger partial charge in [-0.25, -0.2) is 4.39 Å². The number of rotatable bonds is 6. The molecule has 0 aliphatic rings. The second kappa shape index (κ2) is 6.74. The molecular formula is C12H17BrFNO. The molecule has 0 radical (unpaired) electrons. The van der Waals surface area contributed by atoms with E-state index in [1.165, 1.54) is 25.0 Å². The van der Waals surface area contributed by atoms with Gasteiger partial charge in [0.15, 0.2) is 0 Å². The Bertz CT molecular complexity index is 344. The number of nitrogen functional groups attached to an aromatic ring is 1. The van der Waals surface area contributed by atoms with Crippen LogP contribution in [0.25, 0.3) is 0 Å². The summed E-state index contributed by atoms with van der Waals surface area (Å²) in [5, 5.41) is 0. The molecule has 0 fully saturated rings. The zero-order valence-electron chi connectivity index (χ0n) is 9.43. The number of ether oxygens (including phenoxy) is 1. The largest absolute Gasteiger partial charge is 0.492 e. The summed E-state index contributed by atoms with van der Waals surface area (Å²) in [5.74, 6) is 0.181. The maximum Gasteiger partial charge on any atom is 0.147 e. The van der Waals surface area contributed by atoms with Gasteiger partial charge in [0.05, 0.1) is 16.8 Å². The molecule has 0 aliphatic carbocycles. The van der Waals surface area contributed by atoms with E-state index in [1.807, 2.05) is 0 Å². The Labute approximate surface area is 104 Å². The number of anilines is 1. The van der Waals surface area contributed by atoms with E-state index in [2.05, 4.69) is 22.9 Å². The maximum absolute atomic E-state index is 13.0. The number of hydrogen-bond donors (Lipinski definition) is 1. The number of hydrogen-bond acceptors (Lipinski definition) is 2. The fraction of sp³-hybridized carbons (Fsp3) is 0.500. The smallest absolute Gasteiger partial charge is 0.147 e. The van der Waals surface area contributed by atoms with Gasteiger partial charge in [0, 0.05) is 6.07 Å². The highest BCUT2D eigenvalue weighted by Gasteiger charge is 2.06. The fourth-order valence-electron chi connectivity index (χ4n) is 1.37. The van der Waals surface area contributed by atoms with Crippen molar-refractivity contribution in [2.75, 3.05) is 12.3 Å². The summed E-state index contributed by atoms with van der Waals surface area (Å²) in [4.78, 5) is 0. The first-order chi connectivity index (χ1) is 7.65. The van der Waals surface area contributed by atoms with Crippen molar-refractivity contribution in [3.63, 3.8) is 0 Å². The predicted octanol–water partition coefficient (Wildman–Crippen LogP) is 4.13. The van der Waals surface area contributed by atoms with E-state index in [1.54, 1.807) is 0 Å². The Kier molecular flexibility index (Phi) is 5.60. The molecule has 0 heterocycles. The second-order valence-electron chi connectivity index (χ2n) is 3.71. The van der Waals surface area contributed by atoms with Gasteiger partial charge in [0.25, 0.3) is 0 Å². The van der Waals surface area contributed by atoms with Crippen LogP contribution in [0, 0.1) is 5.82 Å². The monoisotopic (exact) mass is 289 g/mol. The zero-order valence-corrected chi connectivity index (χ0v) is 11.0. The lowest BCUT2D eigenvalue weighted by Gasteiger charge is -2.09. The van der Waals surface area contributed by atoms with Gasteiger partial charge in [0.1, 0.15) is 11.6 Å². The van der Waals surface area contributed by atoms with Crippen LogP contribution < -0.4 is 10.5 Å². The highest BCUT2D eigenvalue weighted by atomic mass is 79.9. The predicted molar refractivity (Wildman–Crippen MR) is 68.1 cm³/mol. The first kappa shape index (κ1) is 13.3. The van der Waals surface area contributed by atoms with Crippen molar-refractivity contribution >= 4 is 21.6 Å². The van der Waals surface area contributed by atoms with Crippen molar-refractivity contribution < 1.29 is 9.13 Å². The van der Waals surface area contributed by atoms with Crippen LogP contribution in [0.2, 0.25) is 0 Å². The third-order valence-corrected chi connectivity index (χ3v) is 2.93. The number of nitrogens with two attached hydrogens (primary N) is 1. The molecule has 1 aromatic rings. The SMILES string of the molecule is CCCCCCOc1cc(N)c(F)cc1Br. The van der Waals surface area contributed by atoms with E-state index < -0.39 is 5.82 Å². The molecule has 0 amide bonds. The summed E-state index contributed by atoms with van der Waals surface area (Å²) in [6.45, 7) is 2.81. The van der Waals surface area contributed by atoms with Gasteiger partial charge in [-0.05, 0) is 28.4 Å². The lowest BCUT2D eigenvalue weighted by atomic mass is 10.2. The van der Waals surface area contributed by atoms with Gasteiger partial charge >= 0.3 is 0 Å². The summed E-state index contributed by atoms with van der Waals surface area (Å²) >= 11 is 3.24. The van der Waals surface area contributed by atoms with E-state index in [0.29, 0.717) is 16.8 Å². The van der Waals surface area contributed by atoms with Crippen LogP contribution in [-0.2, 0) is 0 Å². The van der Waals surface area contributed by atoms with Gasteiger partial charge in [-0.2, -0.15) is 0 Å². The van der Waals surface area contributed by atoms with Gasteiger partial charge in [-0.1, -0.05) is 26.2 Å². The summed E-state index contributed by atoms with van der Waals surface area (Å²) in [7, 11) is 0. The third-order valence-electron chi connectivity index (χ3n) is 2.31. The molecule has 0 spiro atoms. The molecule has 0 saturated heterocycles. The first-order valence-electron chi connectivity index (χ1n) is 5.52. The number of benzene rings is 1. The van der Waals surface area contributed by atoms with Crippen LogP contribution in [-0.4, -0.2) is 6.61 Å². The Morgan fingerprint density at radius 2 is 2.06 bits per heavy atom. The molecule has 2 N–H and O–H groups in total. The van der Waals surface area contributed by atoms with Crippen LogP contribution in [0.5, 0.6) is 5.75 Å². The second-order valence-corrected chi connectivity index (χ2v) is 4.57. The van der Waals surface area contributed by atoms with Crippen molar-refractivity contribution in [3.05, 3.63) is 22.4 Å². The van der Waals surface area contributed by atoms with Gasteiger partial charge in [0.2, 0.25) is 0 Å². The number of unbranched alkanes of at least 4 members (excludes halogenated alkanes) is 3. The first-order valence-corrected chi connectivity index (χ1v) is 6.31. The van der Waals surface area contributed by atoms with Crippen molar-refractivity contribution in [2.45, 2.75) is 32.6 Å². The molecule has 0 aromatic heterocycles. The molecule has 2 nitrogen and oxygen atoms in total. The van der Waals surface area contributed by atoms with E-state index in [9.17, 15) is 4.39 Å². The quantitative estimate of drug-likeness (QED) is 0.631. The molecule has 16 heavy (non-hydrogen) atoms. The average Bonchev–Trinajstić information content (AvgIpc) is 2.25.